The largest absolute Gasteiger partial charge is 0.514 e. The molecule has 0 aromatic carbocycles. The Kier molecular flexibility index (Phi) is 4.31. The van der Waals surface area contributed by atoms with Gasteiger partial charge in [0.25, 0.3) is 5.56 Å². The summed E-state index contributed by atoms with van der Waals surface area (Å²) in [7, 11) is -3.33. The van der Waals surface area contributed by atoms with E-state index < -0.39 is 43.5 Å². The molecule has 1 unspecified atom stereocenters. The van der Waals surface area contributed by atoms with Gasteiger partial charge in [-0.3, -0.25) is 14.3 Å². The standard InChI is InChI=1S/C13H15N2O9P/c1-6-4-15(12(17)14-11(6)16)7-3-8(10-9(7)23-10)22-5-25(19,20)24-13(18)21-2/h4,7-8H,3,5H2,1-2H3,(H,19,20)(H,14,16,17)/t7-,8+/m1/s1. The second kappa shape index (κ2) is 6.17. The van der Waals surface area contributed by atoms with E-state index in [9.17, 15) is 23.8 Å². The summed E-state index contributed by atoms with van der Waals surface area (Å²) in [5.41, 5.74) is -0.706. The van der Waals surface area contributed by atoms with E-state index in [2.05, 4.69) is 14.2 Å². The van der Waals surface area contributed by atoms with Crippen molar-refractivity contribution in [2.75, 3.05) is 13.5 Å². The highest BCUT2D eigenvalue weighted by Gasteiger charge is 2.49. The Morgan fingerprint density at radius 3 is 2.88 bits per heavy atom. The number of aromatic amines is 1. The van der Waals surface area contributed by atoms with Gasteiger partial charge >= 0.3 is 19.4 Å². The van der Waals surface area contributed by atoms with E-state index >= 15 is 0 Å². The molecule has 2 aliphatic rings. The maximum atomic E-state index is 12.0. The fraction of sp³-hybridized carbons (Fsp3) is 0.462. The second-order valence-electron chi connectivity index (χ2n) is 5.53. The van der Waals surface area contributed by atoms with Crippen LogP contribution < -0.4 is 11.2 Å². The van der Waals surface area contributed by atoms with Crippen LogP contribution in [0.2, 0.25) is 0 Å². The molecular formula is C13H15N2O9P. The maximum absolute atomic E-state index is 12.0. The molecule has 3 rings (SSSR count). The number of H-pyrrole nitrogens is 1. The van der Waals surface area contributed by atoms with Crippen LogP contribution in [0, 0.1) is 6.92 Å². The van der Waals surface area contributed by atoms with E-state index in [1.54, 1.807) is 6.92 Å². The minimum Gasteiger partial charge on any atom is -0.454 e. The summed E-state index contributed by atoms with van der Waals surface area (Å²) in [6, 6.07) is -0.484. The lowest BCUT2D eigenvalue weighted by Gasteiger charge is -2.20. The third-order valence-corrected chi connectivity index (χ3v) is 4.67. The molecule has 1 aromatic rings. The summed E-state index contributed by atoms with van der Waals surface area (Å²) in [6.07, 6.45) is -1.02. The smallest absolute Gasteiger partial charge is 0.454 e. The molecule has 1 aliphatic carbocycles. The summed E-state index contributed by atoms with van der Waals surface area (Å²) < 4.78 is 32.0. The molecule has 12 heteroatoms. The third kappa shape index (κ3) is 3.53. The Bertz CT molecular complexity index is 915. The van der Waals surface area contributed by atoms with Crippen molar-refractivity contribution in [3.8, 4) is 0 Å². The number of nitrogens with one attached hydrogen (secondary N) is 1. The number of aromatic nitrogens is 2. The molecule has 25 heavy (non-hydrogen) atoms. The maximum Gasteiger partial charge on any atom is 0.514 e. The fourth-order valence-electron chi connectivity index (χ4n) is 2.53. The van der Waals surface area contributed by atoms with Crippen molar-refractivity contribution < 1.29 is 33.0 Å². The highest BCUT2D eigenvalue weighted by molar-refractivity contribution is 7.53. The Hall–Kier alpha value is -2.36. The summed E-state index contributed by atoms with van der Waals surface area (Å²) in [6.45, 7) is 1.56. The molecule has 0 spiro atoms. The molecule has 0 radical (unpaired) electrons. The van der Waals surface area contributed by atoms with E-state index in [0.717, 1.165) is 7.11 Å². The van der Waals surface area contributed by atoms with Crippen molar-refractivity contribution in [2.45, 2.75) is 25.5 Å². The third-order valence-electron chi connectivity index (χ3n) is 3.76. The van der Waals surface area contributed by atoms with E-state index in [0.29, 0.717) is 17.1 Å². The van der Waals surface area contributed by atoms with Gasteiger partial charge in [-0.05, 0) is 6.92 Å². The number of allylic oxidation sites excluding steroid dienone is 1. The lowest BCUT2D eigenvalue weighted by Crippen LogP contribution is -2.34. The normalized spacial score (nSPS) is 23.5. The molecule has 0 bridgehead atoms. The quantitative estimate of drug-likeness (QED) is 0.549. The zero-order valence-corrected chi connectivity index (χ0v) is 14.1. The van der Waals surface area contributed by atoms with E-state index in [4.69, 9.17) is 9.47 Å². The van der Waals surface area contributed by atoms with Crippen molar-refractivity contribution in [2.24, 2.45) is 0 Å². The number of ether oxygens (including phenoxy) is 3. The van der Waals surface area contributed by atoms with Crippen molar-refractivity contribution in [1.82, 2.24) is 9.55 Å². The van der Waals surface area contributed by atoms with Crippen LogP contribution in [0.1, 0.15) is 18.0 Å². The fourth-order valence-corrected chi connectivity index (χ4v) is 3.26. The van der Waals surface area contributed by atoms with Gasteiger partial charge in [-0.1, -0.05) is 0 Å². The number of hydrogen-bond donors (Lipinski definition) is 2. The van der Waals surface area contributed by atoms with Crippen LogP contribution in [-0.4, -0.2) is 40.2 Å². The first-order valence-corrected chi connectivity index (χ1v) is 8.93. The molecule has 0 saturated carbocycles. The van der Waals surface area contributed by atoms with Gasteiger partial charge in [-0.2, -0.15) is 0 Å². The van der Waals surface area contributed by atoms with Crippen LogP contribution >= 0.6 is 7.60 Å². The molecule has 0 saturated heterocycles. The number of carbonyl (C=O) groups excluding carboxylic acids is 1. The molecule has 11 nitrogen and oxygen atoms in total. The molecule has 3 atom stereocenters. The Labute approximate surface area is 140 Å². The SMILES string of the molecule is COC(=O)OP(=O)(O)CO[C@H]1C[C@@H](n2cc(C)c(=O)[nH]c2=O)C2=C1O2. The zero-order chi connectivity index (χ0) is 18.4. The van der Waals surface area contributed by atoms with Gasteiger partial charge < -0.3 is 23.6 Å². The summed E-state index contributed by atoms with van der Waals surface area (Å²) >= 11 is 0. The zero-order valence-electron chi connectivity index (χ0n) is 13.3. The van der Waals surface area contributed by atoms with Gasteiger partial charge in [0.1, 0.15) is 12.1 Å². The average Bonchev–Trinajstić information content (AvgIpc) is 3.24. The second-order valence-corrected chi connectivity index (χ2v) is 7.24. The Balaban J connectivity index is 1.68. The van der Waals surface area contributed by atoms with Crippen molar-refractivity contribution in [3.63, 3.8) is 0 Å². The highest BCUT2D eigenvalue weighted by atomic mass is 31.2. The summed E-state index contributed by atoms with van der Waals surface area (Å²) in [5, 5.41) is 0. The van der Waals surface area contributed by atoms with Crippen LogP contribution in [0.5, 0.6) is 0 Å². The number of carbonyl (C=O) groups is 1. The van der Waals surface area contributed by atoms with Gasteiger partial charge in [0.05, 0.1) is 7.11 Å². The summed E-state index contributed by atoms with van der Waals surface area (Å²) in [5.74, 6) is 0.971. The van der Waals surface area contributed by atoms with Crippen molar-refractivity contribution in [3.05, 3.63) is 44.1 Å². The van der Waals surface area contributed by atoms with Gasteiger partial charge in [-0.25, -0.2) is 14.2 Å². The number of methoxy groups -OCH3 is 1. The molecular weight excluding hydrogens is 359 g/mol. The topological polar surface area (TPSA) is 149 Å². The first kappa shape index (κ1) is 17.5. The summed E-state index contributed by atoms with van der Waals surface area (Å²) in [4.78, 5) is 46.0. The molecule has 1 aromatic heterocycles. The Morgan fingerprint density at radius 1 is 1.48 bits per heavy atom. The number of hydrogen-bond acceptors (Lipinski definition) is 8. The van der Waals surface area contributed by atoms with Crippen molar-refractivity contribution in [1.29, 1.82) is 0 Å². The van der Waals surface area contributed by atoms with Crippen LogP contribution in [0.25, 0.3) is 0 Å². The van der Waals surface area contributed by atoms with E-state index in [-0.39, 0.29) is 6.42 Å². The minimum absolute atomic E-state index is 0.272. The first-order valence-electron chi connectivity index (χ1n) is 7.17. The van der Waals surface area contributed by atoms with E-state index in [1.165, 1.54) is 10.8 Å². The lowest BCUT2D eigenvalue weighted by atomic mass is 10.2. The lowest BCUT2D eigenvalue weighted by molar-refractivity contribution is 0.0590. The molecule has 2 heterocycles. The van der Waals surface area contributed by atoms with Crippen molar-refractivity contribution >= 4 is 13.8 Å². The monoisotopic (exact) mass is 374 g/mol. The van der Waals surface area contributed by atoms with Gasteiger partial charge in [-0.15, -0.1) is 0 Å². The Morgan fingerprint density at radius 2 is 2.20 bits per heavy atom. The minimum atomic E-state index is -4.33. The molecule has 136 valence electrons. The molecule has 0 fully saturated rings. The van der Waals surface area contributed by atoms with Crippen LogP contribution in [0.15, 0.2) is 27.3 Å². The highest BCUT2D eigenvalue weighted by Crippen LogP contribution is 2.51. The molecule has 2 N–H and O–H groups in total. The number of nitrogens with zero attached hydrogens (tertiary/aromatic N) is 1. The van der Waals surface area contributed by atoms with Gasteiger partial charge in [0.15, 0.2) is 17.9 Å². The molecule has 1 aliphatic heterocycles. The number of rotatable bonds is 5. The predicted octanol–water partition coefficient (Wildman–Crippen LogP) is 0.343. The van der Waals surface area contributed by atoms with Crippen LogP contribution in [0.4, 0.5) is 4.79 Å². The molecule has 0 amide bonds. The number of aryl methyl sites for hydroxylation is 1. The van der Waals surface area contributed by atoms with Crippen LogP contribution in [0.3, 0.4) is 0 Å². The van der Waals surface area contributed by atoms with Crippen LogP contribution in [-0.2, 0) is 23.3 Å². The van der Waals surface area contributed by atoms with E-state index in [1.807, 2.05) is 0 Å². The average molecular weight is 374 g/mol. The van der Waals surface area contributed by atoms with Gasteiger partial charge in [0, 0.05) is 18.2 Å². The van der Waals surface area contributed by atoms with Gasteiger partial charge in [0.2, 0.25) is 0 Å². The predicted molar refractivity (Wildman–Crippen MR) is 80.9 cm³/mol. The first-order chi connectivity index (χ1) is 11.7.